The number of amides is 1. The molecule has 200 valence electrons. The third-order valence-electron chi connectivity index (χ3n) is 7.58. The number of carbonyl (C=O) groups is 2. The van der Waals surface area contributed by atoms with Crippen molar-refractivity contribution < 1.29 is 18.7 Å². The highest BCUT2D eigenvalue weighted by atomic mass is 32.1. The topological polar surface area (TPSA) is 145 Å². The zero-order chi connectivity index (χ0) is 27.5. The number of thiophene rings is 1. The Morgan fingerprint density at radius 1 is 1.10 bits per heavy atom. The molecule has 0 saturated carbocycles. The van der Waals surface area contributed by atoms with Crippen LogP contribution in [0.25, 0.3) is 10.1 Å². The van der Waals surface area contributed by atoms with Gasteiger partial charge >= 0.3 is 0 Å². The predicted molar refractivity (Wildman–Crippen MR) is 150 cm³/mol. The predicted octanol–water partition coefficient (Wildman–Crippen LogP) is 3.41. The highest BCUT2D eigenvalue weighted by molar-refractivity contribution is 7.21. The number of halogens is 1. The van der Waals surface area contributed by atoms with Crippen LogP contribution in [0, 0.1) is 6.92 Å². The first kappa shape index (κ1) is 25.4. The second kappa shape index (κ2) is 9.42. The molecule has 8 N–H and O–H groups in total. The highest BCUT2D eigenvalue weighted by Crippen LogP contribution is 2.50. The van der Waals surface area contributed by atoms with Crippen molar-refractivity contribution in [1.82, 2.24) is 10.6 Å². The number of aryl methyl sites for hydroxylation is 1. The Labute approximate surface area is 228 Å². The summed E-state index contributed by atoms with van der Waals surface area (Å²) in [4.78, 5) is 27.6. The fraction of sp³-hybridized carbons (Fsp3) is 0.241. The first-order valence-electron chi connectivity index (χ1n) is 12.6. The van der Waals surface area contributed by atoms with Crippen molar-refractivity contribution in [2.75, 3.05) is 18.8 Å². The maximum atomic E-state index is 14.2. The minimum absolute atomic E-state index is 0.170. The Balaban J connectivity index is 1.46. The summed E-state index contributed by atoms with van der Waals surface area (Å²) < 4.78 is 20.8. The number of para-hydroxylation sites is 1. The Hall–Kier alpha value is -3.83. The number of nitrogens with two attached hydrogens (primary N) is 3. The van der Waals surface area contributed by atoms with Crippen LogP contribution in [0.5, 0.6) is 11.5 Å². The van der Waals surface area contributed by atoms with Crippen molar-refractivity contribution in [2.45, 2.75) is 30.7 Å². The van der Waals surface area contributed by atoms with Gasteiger partial charge in [0.05, 0.1) is 21.7 Å². The lowest BCUT2D eigenvalue weighted by atomic mass is 9.69. The van der Waals surface area contributed by atoms with E-state index in [2.05, 4.69) is 10.6 Å². The van der Waals surface area contributed by atoms with Crippen molar-refractivity contribution in [3.8, 4) is 11.5 Å². The highest BCUT2D eigenvalue weighted by Gasteiger charge is 2.49. The number of Topliss-reactive ketones (excluding diaryl/α,β-unsaturated/α-hetero) is 1. The van der Waals surface area contributed by atoms with E-state index in [0.29, 0.717) is 50.5 Å². The lowest BCUT2D eigenvalue weighted by molar-refractivity contribution is -0.124. The van der Waals surface area contributed by atoms with Crippen LogP contribution in [-0.4, -0.2) is 37.0 Å². The van der Waals surface area contributed by atoms with Gasteiger partial charge in [-0.15, -0.1) is 11.3 Å². The number of ketones is 1. The normalized spacial score (nSPS) is 24.2. The molecule has 0 spiro atoms. The molecule has 1 aliphatic heterocycles. The number of rotatable bonds is 5. The molecule has 2 unspecified atom stereocenters. The molecule has 1 aromatic heterocycles. The van der Waals surface area contributed by atoms with Crippen molar-refractivity contribution >= 4 is 38.8 Å². The van der Waals surface area contributed by atoms with Crippen molar-refractivity contribution in [3.63, 3.8) is 0 Å². The van der Waals surface area contributed by atoms with Gasteiger partial charge in [-0.3, -0.25) is 9.59 Å². The van der Waals surface area contributed by atoms with E-state index in [1.807, 2.05) is 43.3 Å². The number of carbonyl (C=O) groups excluding carboxylic acids is 2. The maximum absolute atomic E-state index is 14.2. The van der Waals surface area contributed by atoms with Crippen LogP contribution in [-0.2, 0) is 10.3 Å². The van der Waals surface area contributed by atoms with E-state index < -0.39 is 35.5 Å². The SMILES string of the molecule is Cc1cc(Oc2ccccc2)ccc1C1(N)C(=O)C(N)c2c(C(=O)N[C@H]3CNC[C@H]3F)sc3c(N)ccc1c23. The van der Waals surface area contributed by atoms with Gasteiger partial charge in [-0.2, -0.15) is 0 Å². The molecule has 3 aromatic carbocycles. The first-order chi connectivity index (χ1) is 18.7. The Morgan fingerprint density at radius 2 is 1.85 bits per heavy atom. The molecule has 1 amide bonds. The van der Waals surface area contributed by atoms with Gasteiger partial charge < -0.3 is 32.6 Å². The van der Waals surface area contributed by atoms with Gasteiger partial charge in [-0.1, -0.05) is 30.3 Å². The third kappa shape index (κ3) is 3.99. The average Bonchev–Trinajstić information content (AvgIpc) is 3.52. The Kier molecular flexibility index (Phi) is 6.15. The van der Waals surface area contributed by atoms with Crippen molar-refractivity contribution in [2.24, 2.45) is 11.5 Å². The number of hydrogen-bond donors (Lipinski definition) is 5. The standard InChI is InChI=1S/C29H28FN5O3S/c1-14-11-16(38-15-5-3-2-4-6-15)7-8-17(14)29(33)18-9-10-20(31)25-22(18)23(24(32)27(29)36)26(39-25)28(37)35-21-13-34-12-19(21)30/h2-11,19,21,24,34H,12-13,31-33H2,1H3,(H,35,37)/t19-,21+,24?,29?/m1/s1. The monoisotopic (exact) mass is 545 g/mol. The Bertz CT molecular complexity index is 1620. The maximum Gasteiger partial charge on any atom is 0.262 e. The fourth-order valence-corrected chi connectivity index (χ4v) is 6.82. The van der Waals surface area contributed by atoms with E-state index in [0.717, 1.165) is 16.9 Å². The van der Waals surface area contributed by atoms with Gasteiger partial charge in [0.25, 0.3) is 5.91 Å². The van der Waals surface area contributed by atoms with Crippen molar-refractivity contribution in [1.29, 1.82) is 0 Å². The molecular weight excluding hydrogens is 517 g/mol. The summed E-state index contributed by atoms with van der Waals surface area (Å²) in [6, 6.07) is 16.3. The van der Waals surface area contributed by atoms with E-state index in [1.54, 1.807) is 24.3 Å². The molecule has 8 nitrogen and oxygen atoms in total. The molecular formula is C29H28FN5O3S. The number of benzene rings is 3. The van der Waals surface area contributed by atoms with E-state index in [9.17, 15) is 14.0 Å². The van der Waals surface area contributed by atoms with Gasteiger partial charge in [-0.25, -0.2) is 4.39 Å². The molecule has 0 bridgehead atoms. The average molecular weight is 546 g/mol. The van der Waals surface area contributed by atoms with Gasteiger partial charge in [-0.05, 0) is 53.9 Å². The molecule has 6 rings (SSSR count). The minimum Gasteiger partial charge on any atom is -0.457 e. The van der Waals surface area contributed by atoms with Gasteiger partial charge in [0.1, 0.15) is 23.2 Å². The third-order valence-corrected chi connectivity index (χ3v) is 8.83. The van der Waals surface area contributed by atoms with Gasteiger partial charge in [0.15, 0.2) is 5.78 Å². The lowest BCUT2D eigenvalue weighted by Crippen LogP contribution is -2.53. The molecule has 1 saturated heterocycles. The van der Waals surface area contributed by atoms with Crippen LogP contribution in [0.1, 0.15) is 38.0 Å². The molecule has 1 aliphatic carbocycles. The van der Waals surface area contributed by atoms with Gasteiger partial charge in [0, 0.05) is 29.7 Å². The number of alkyl halides is 1. The van der Waals surface area contributed by atoms with Crippen molar-refractivity contribution in [3.05, 3.63) is 87.8 Å². The molecule has 0 radical (unpaired) electrons. The summed E-state index contributed by atoms with van der Waals surface area (Å²) in [5, 5.41) is 6.27. The second-order valence-corrected chi connectivity index (χ2v) is 11.1. The zero-order valence-electron chi connectivity index (χ0n) is 21.2. The molecule has 2 aliphatic rings. The van der Waals surface area contributed by atoms with Gasteiger partial charge in [0.2, 0.25) is 0 Å². The van der Waals surface area contributed by atoms with Crippen LogP contribution in [0.2, 0.25) is 0 Å². The van der Waals surface area contributed by atoms with Crippen LogP contribution >= 0.6 is 11.3 Å². The van der Waals surface area contributed by atoms with Crippen LogP contribution < -0.4 is 32.6 Å². The molecule has 2 heterocycles. The smallest absolute Gasteiger partial charge is 0.262 e. The largest absolute Gasteiger partial charge is 0.457 e. The van der Waals surface area contributed by atoms with E-state index >= 15 is 0 Å². The van der Waals surface area contributed by atoms with Crippen LogP contribution in [0.3, 0.4) is 0 Å². The first-order valence-corrected chi connectivity index (χ1v) is 13.5. The number of anilines is 1. The summed E-state index contributed by atoms with van der Waals surface area (Å²) >= 11 is 1.14. The zero-order valence-corrected chi connectivity index (χ0v) is 22.0. The summed E-state index contributed by atoms with van der Waals surface area (Å²) in [6.07, 6.45) is -1.20. The number of ether oxygens (including phenoxy) is 1. The van der Waals surface area contributed by atoms with E-state index in [-0.39, 0.29) is 11.4 Å². The molecule has 39 heavy (non-hydrogen) atoms. The summed E-state index contributed by atoms with van der Waals surface area (Å²) in [7, 11) is 0. The molecule has 4 atom stereocenters. The lowest BCUT2D eigenvalue weighted by Gasteiger charge is -2.37. The summed E-state index contributed by atoms with van der Waals surface area (Å²) in [5.74, 6) is 0.353. The molecule has 4 aromatic rings. The minimum atomic E-state index is -1.58. The second-order valence-electron chi connectivity index (χ2n) is 10.0. The summed E-state index contributed by atoms with van der Waals surface area (Å²) in [6.45, 7) is 2.35. The molecule has 10 heteroatoms. The number of nitrogens with one attached hydrogen (secondary N) is 2. The van der Waals surface area contributed by atoms with Crippen LogP contribution in [0.15, 0.2) is 60.7 Å². The summed E-state index contributed by atoms with van der Waals surface area (Å²) in [5.41, 5.74) is 21.0. The van der Waals surface area contributed by atoms with Crippen LogP contribution in [0.4, 0.5) is 10.1 Å². The number of hydrogen-bond acceptors (Lipinski definition) is 8. The van der Waals surface area contributed by atoms with E-state index in [4.69, 9.17) is 21.9 Å². The molecule has 1 fully saturated rings. The van der Waals surface area contributed by atoms with E-state index in [1.165, 1.54) is 0 Å². The Morgan fingerprint density at radius 3 is 2.54 bits per heavy atom. The fourth-order valence-electron chi connectivity index (χ4n) is 5.62. The quantitative estimate of drug-likeness (QED) is 0.242. The number of nitrogen functional groups attached to an aromatic ring is 1.